The standard InChI is InChI=1S/C16H18ClN3O3S/c1-22-15-16(19-9-8-18-15)23-11-4-2-10(3-5-11)20-14(21)12-6-7-13(17)24-12/h6-11H,2-5H2,1H3,(H,20,21). The van der Waals surface area contributed by atoms with Crippen LogP contribution in [-0.2, 0) is 0 Å². The van der Waals surface area contributed by atoms with Gasteiger partial charge in [-0.3, -0.25) is 4.79 Å². The van der Waals surface area contributed by atoms with Gasteiger partial charge >= 0.3 is 0 Å². The summed E-state index contributed by atoms with van der Waals surface area (Å²) in [5.41, 5.74) is 0. The SMILES string of the molecule is COc1nccnc1OC1CCC(NC(=O)c2ccc(Cl)s2)CC1. The molecule has 0 atom stereocenters. The van der Waals surface area contributed by atoms with E-state index in [0.29, 0.717) is 21.0 Å². The molecular weight excluding hydrogens is 350 g/mol. The van der Waals surface area contributed by atoms with Crippen molar-refractivity contribution in [3.05, 3.63) is 33.7 Å². The minimum absolute atomic E-state index is 0.0555. The summed E-state index contributed by atoms with van der Waals surface area (Å²) in [6.45, 7) is 0. The lowest BCUT2D eigenvalue weighted by Crippen LogP contribution is -2.39. The maximum Gasteiger partial charge on any atom is 0.278 e. The first kappa shape index (κ1) is 17.0. The third kappa shape index (κ3) is 4.15. The van der Waals surface area contributed by atoms with Gasteiger partial charge in [0.25, 0.3) is 17.7 Å². The molecule has 24 heavy (non-hydrogen) atoms. The van der Waals surface area contributed by atoms with Crippen molar-refractivity contribution in [3.63, 3.8) is 0 Å². The fourth-order valence-electron chi connectivity index (χ4n) is 2.71. The molecule has 128 valence electrons. The number of nitrogens with one attached hydrogen (secondary N) is 1. The molecule has 6 nitrogen and oxygen atoms in total. The second kappa shape index (κ2) is 7.81. The average molecular weight is 368 g/mol. The highest BCUT2D eigenvalue weighted by Gasteiger charge is 2.25. The van der Waals surface area contributed by atoms with Crippen molar-refractivity contribution < 1.29 is 14.3 Å². The molecule has 1 N–H and O–H groups in total. The van der Waals surface area contributed by atoms with Crippen LogP contribution in [0.25, 0.3) is 0 Å². The molecule has 0 radical (unpaired) electrons. The highest BCUT2D eigenvalue weighted by Crippen LogP contribution is 2.27. The summed E-state index contributed by atoms with van der Waals surface area (Å²) in [5.74, 6) is 0.745. The quantitative estimate of drug-likeness (QED) is 0.877. The van der Waals surface area contributed by atoms with E-state index in [1.165, 1.54) is 11.3 Å². The number of rotatable bonds is 5. The Morgan fingerprint density at radius 3 is 2.54 bits per heavy atom. The van der Waals surface area contributed by atoms with Gasteiger partial charge in [-0.15, -0.1) is 11.3 Å². The van der Waals surface area contributed by atoms with E-state index in [1.54, 1.807) is 31.6 Å². The average Bonchev–Trinajstić information content (AvgIpc) is 3.04. The number of carbonyl (C=O) groups excluding carboxylic acids is 1. The molecular formula is C16H18ClN3O3S. The van der Waals surface area contributed by atoms with Crippen LogP contribution in [0, 0.1) is 0 Å². The normalized spacial score (nSPS) is 20.4. The van der Waals surface area contributed by atoms with Gasteiger partial charge in [0.05, 0.1) is 16.3 Å². The Kier molecular flexibility index (Phi) is 5.52. The largest absolute Gasteiger partial charge is 0.477 e. The molecule has 0 saturated heterocycles. The van der Waals surface area contributed by atoms with Crippen LogP contribution in [0.1, 0.15) is 35.4 Å². The van der Waals surface area contributed by atoms with E-state index in [0.717, 1.165) is 25.7 Å². The topological polar surface area (TPSA) is 73.3 Å². The molecule has 1 saturated carbocycles. The van der Waals surface area contributed by atoms with Crippen LogP contribution in [0.3, 0.4) is 0 Å². The minimum atomic E-state index is -0.0631. The zero-order chi connectivity index (χ0) is 16.9. The van der Waals surface area contributed by atoms with Crippen LogP contribution < -0.4 is 14.8 Å². The predicted molar refractivity (Wildman–Crippen MR) is 92.1 cm³/mol. The maximum atomic E-state index is 12.2. The van der Waals surface area contributed by atoms with Gasteiger partial charge in [-0.25, -0.2) is 9.97 Å². The third-order valence-corrected chi connectivity index (χ3v) is 5.14. The Balaban J connectivity index is 1.50. The lowest BCUT2D eigenvalue weighted by molar-refractivity contribution is 0.0890. The van der Waals surface area contributed by atoms with Gasteiger partial charge in [0.15, 0.2) is 0 Å². The summed E-state index contributed by atoms with van der Waals surface area (Å²) in [5, 5.41) is 3.06. The first-order valence-corrected chi connectivity index (χ1v) is 8.93. The minimum Gasteiger partial charge on any atom is -0.477 e. The van der Waals surface area contributed by atoms with Crippen LogP contribution in [-0.4, -0.2) is 35.1 Å². The predicted octanol–water partition coefficient (Wildman–Crippen LogP) is 3.32. The van der Waals surface area contributed by atoms with Crippen LogP contribution in [0.2, 0.25) is 4.34 Å². The number of aromatic nitrogens is 2. The van der Waals surface area contributed by atoms with Crippen molar-refractivity contribution in [2.45, 2.75) is 37.8 Å². The van der Waals surface area contributed by atoms with Gasteiger partial charge in [-0.05, 0) is 37.8 Å². The number of nitrogens with zero attached hydrogens (tertiary/aromatic N) is 2. The van der Waals surface area contributed by atoms with Crippen LogP contribution in [0.5, 0.6) is 11.8 Å². The number of hydrogen-bond donors (Lipinski definition) is 1. The Labute approximate surface area is 149 Å². The summed E-state index contributed by atoms with van der Waals surface area (Å²) >= 11 is 7.16. The van der Waals surface area contributed by atoms with E-state index < -0.39 is 0 Å². The number of ether oxygens (including phenoxy) is 2. The van der Waals surface area contributed by atoms with Gasteiger partial charge in [-0.2, -0.15) is 0 Å². The molecule has 0 aromatic carbocycles. The van der Waals surface area contributed by atoms with Gasteiger partial charge in [0.2, 0.25) is 0 Å². The summed E-state index contributed by atoms with van der Waals surface area (Å²) < 4.78 is 11.7. The number of thiophene rings is 1. The Morgan fingerprint density at radius 1 is 1.21 bits per heavy atom. The number of halogens is 1. The van der Waals surface area contributed by atoms with Gasteiger partial charge in [0, 0.05) is 18.4 Å². The fraction of sp³-hybridized carbons (Fsp3) is 0.438. The van der Waals surface area contributed by atoms with Crippen LogP contribution >= 0.6 is 22.9 Å². The second-order valence-corrected chi connectivity index (χ2v) is 7.25. The van der Waals surface area contributed by atoms with Gasteiger partial charge < -0.3 is 14.8 Å². The van der Waals surface area contributed by atoms with E-state index in [1.807, 2.05) is 0 Å². The molecule has 1 aliphatic carbocycles. The maximum absolute atomic E-state index is 12.2. The van der Waals surface area contributed by atoms with E-state index in [9.17, 15) is 4.79 Å². The van der Waals surface area contributed by atoms with Gasteiger partial charge in [0.1, 0.15) is 6.10 Å². The number of carbonyl (C=O) groups is 1. The molecule has 0 spiro atoms. The summed E-state index contributed by atoms with van der Waals surface area (Å²) in [6, 6.07) is 3.64. The molecule has 2 heterocycles. The fourth-order valence-corrected chi connectivity index (χ4v) is 3.66. The third-order valence-electron chi connectivity index (χ3n) is 3.91. The number of methoxy groups -OCH3 is 1. The molecule has 2 aromatic rings. The molecule has 0 aliphatic heterocycles. The van der Waals surface area contributed by atoms with E-state index in [-0.39, 0.29) is 18.1 Å². The highest BCUT2D eigenvalue weighted by atomic mass is 35.5. The van der Waals surface area contributed by atoms with Crippen molar-refractivity contribution in [2.75, 3.05) is 7.11 Å². The Bertz CT molecular complexity index is 701. The van der Waals surface area contributed by atoms with Crippen molar-refractivity contribution in [1.29, 1.82) is 0 Å². The second-order valence-electron chi connectivity index (χ2n) is 5.54. The van der Waals surface area contributed by atoms with Crippen LogP contribution in [0.15, 0.2) is 24.5 Å². The molecule has 3 rings (SSSR count). The van der Waals surface area contributed by atoms with Crippen molar-refractivity contribution >= 4 is 28.8 Å². The van der Waals surface area contributed by atoms with E-state index in [2.05, 4.69) is 15.3 Å². The first-order chi connectivity index (χ1) is 11.7. The molecule has 0 unspecified atom stereocenters. The van der Waals surface area contributed by atoms with Crippen molar-refractivity contribution in [1.82, 2.24) is 15.3 Å². The lowest BCUT2D eigenvalue weighted by atomic mass is 9.93. The summed E-state index contributed by atoms with van der Waals surface area (Å²) in [7, 11) is 1.54. The zero-order valence-corrected chi connectivity index (χ0v) is 14.8. The first-order valence-electron chi connectivity index (χ1n) is 7.73. The number of amides is 1. The zero-order valence-electron chi connectivity index (χ0n) is 13.2. The summed E-state index contributed by atoms with van der Waals surface area (Å²) in [4.78, 5) is 21.0. The van der Waals surface area contributed by atoms with Crippen LogP contribution in [0.4, 0.5) is 0 Å². The molecule has 1 amide bonds. The van der Waals surface area contributed by atoms with Crippen molar-refractivity contribution in [2.24, 2.45) is 0 Å². The number of hydrogen-bond acceptors (Lipinski definition) is 6. The molecule has 2 aromatic heterocycles. The van der Waals surface area contributed by atoms with Gasteiger partial charge in [-0.1, -0.05) is 11.6 Å². The lowest BCUT2D eigenvalue weighted by Gasteiger charge is -2.29. The van der Waals surface area contributed by atoms with E-state index in [4.69, 9.17) is 21.1 Å². The molecule has 1 fully saturated rings. The molecule has 8 heteroatoms. The molecule has 1 aliphatic rings. The van der Waals surface area contributed by atoms with E-state index >= 15 is 0 Å². The smallest absolute Gasteiger partial charge is 0.278 e. The van der Waals surface area contributed by atoms with Crippen molar-refractivity contribution in [3.8, 4) is 11.8 Å². The molecule has 0 bridgehead atoms. The Hall–Kier alpha value is -1.86. The highest BCUT2D eigenvalue weighted by molar-refractivity contribution is 7.17. The summed E-state index contributed by atoms with van der Waals surface area (Å²) in [6.07, 6.45) is 6.60. The monoisotopic (exact) mass is 367 g/mol. The Morgan fingerprint density at radius 2 is 1.92 bits per heavy atom.